The van der Waals surface area contributed by atoms with Crippen LogP contribution in [-0.4, -0.2) is 54.7 Å². The van der Waals surface area contributed by atoms with Gasteiger partial charge in [0.1, 0.15) is 28.2 Å². The fraction of sp³-hybridized carbons (Fsp3) is 0.423. The molecule has 11 heteroatoms. The number of carbonyl (C=O) groups is 2. The van der Waals surface area contributed by atoms with Gasteiger partial charge in [0.2, 0.25) is 11.8 Å². The minimum absolute atomic E-state index is 0.244. The van der Waals surface area contributed by atoms with Crippen molar-refractivity contribution in [1.82, 2.24) is 10.3 Å². The van der Waals surface area contributed by atoms with E-state index in [1.54, 1.807) is 26.0 Å². The van der Waals surface area contributed by atoms with Gasteiger partial charge in [0.25, 0.3) is 0 Å². The maximum absolute atomic E-state index is 12.4. The summed E-state index contributed by atoms with van der Waals surface area (Å²) in [6.45, 7) is 6.54. The second kappa shape index (κ2) is 12.1. The van der Waals surface area contributed by atoms with Gasteiger partial charge in [-0.25, -0.2) is 4.98 Å². The van der Waals surface area contributed by atoms with Crippen molar-refractivity contribution in [2.45, 2.75) is 49.1 Å². The van der Waals surface area contributed by atoms with Crippen molar-refractivity contribution in [3.05, 3.63) is 52.6 Å². The number of hydrogen-bond acceptors (Lipinski definition) is 9. The first kappa shape index (κ1) is 27.9. The van der Waals surface area contributed by atoms with Gasteiger partial charge in [-0.15, -0.1) is 0 Å². The van der Waals surface area contributed by atoms with Crippen LogP contribution in [0, 0.1) is 22.7 Å². The Balaban J connectivity index is 1.98. The van der Waals surface area contributed by atoms with E-state index in [9.17, 15) is 20.1 Å². The molecule has 2 unspecified atom stereocenters. The maximum atomic E-state index is 12.4. The number of morpholine rings is 1. The van der Waals surface area contributed by atoms with Crippen LogP contribution in [0.3, 0.4) is 0 Å². The number of ether oxygens (including phenoxy) is 1. The van der Waals surface area contributed by atoms with Gasteiger partial charge >= 0.3 is 0 Å². The number of benzene rings is 1. The Kier molecular flexibility index (Phi) is 9.11. The monoisotopic (exact) mass is 521 g/mol. The van der Waals surface area contributed by atoms with E-state index in [0.717, 1.165) is 11.8 Å². The maximum Gasteiger partial charge on any atom is 0.239 e. The number of thioether (sulfide) groups is 1. The van der Waals surface area contributed by atoms with E-state index in [4.69, 9.17) is 21.2 Å². The Bertz CT molecular complexity index is 1230. The molecule has 0 saturated carbocycles. The molecule has 0 aliphatic carbocycles. The van der Waals surface area contributed by atoms with Crippen LogP contribution in [0.15, 0.2) is 35.4 Å². The molecular formula is C26H31N7O3S. The molecule has 10 nitrogen and oxygen atoms in total. The van der Waals surface area contributed by atoms with Gasteiger partial charge in [0.05, 0.1) is 29.4 Å². The van der Waals surface area contributed by atoms with Gasteiger partial charge in [-0.1, -0.05) is 49.0 Å². The SMILES string of the molecule is CCc1c(C#N)c(SC(C(N)=O)c2ccccc2)nc(N2CCOC(CNC(=O)C(C)(C)N)C2)c1C#N. The van der Waals surface area contributed by atoms with E-state index in [2.05, 4.69) is 17.5 Å². The Morgan fingerprint density at radius 3 is 2.51 bits per heavy atom. The lowest BCUT2D eigenvalue weighted by atomic mass is 10.0. The molecule has 0 bridgehead atoms. The van der Waals surface area contributed by atoms with Crippen molar-refractivity contribution in [1.29, 1.82) is 10.5 Å². The lowest BCUT2D eigenvalue weighted by Gasteiger charge is -2.35. The normalized spacial score (nSPS) is 16.4. The molecule has 1 aliphatic rings. The zero-order valence-electron chi connectivity index (χ0n) is 21.2. The second-order valence-corrected chi connectivity index (χ2v) is 10.3. The van der Waals surface area contributed by atoms with Crippen molar-refractivity contribution in [2.75, 3.05) is 31.1 Å². The first-order chi connectivity index (χ1) is 17.6. The zero-order valence-corrected chi connectivity index (χ0v) is 22.0. The van der Waals surface area contributed by atoms with Crippen molar-refractivity contribution in [3.63, 3.8) is 0 Å². The first-order valence-corrected chi connectivity index (χ1v) is 12.8. The number of aromatic nitrogens is 1. The molecule has 1 aliphatic heterocycles. The Morgan fingerprint density at radius 2 is 1.95 bits per heavy atom. The summed E-state index contributed by atoms with van der Waals surface area (Å²) in [6, 6.07) is 13.5. The summed E-state index contributed by atoms with van der Waals surface area (Å²) >= 11 is 1.10. The zero-order chi connectivity index (χ0) is 27.2. The predicted molar refractivity (Wildman–Crippen MR) is 141 cm³/mol. The smallest absolute Gasteiger partial charge is 0.239 e. The number of pyridine rings is 1. The molecule has 2 heterocycles. The lowest BCUT2D eigenvalue weighted by Crippen LogP contribution is -2.53. The van der Waals surface area contributed by atoms with Crippen LogP contribution >= 0.6 is 11.8 Å². The number of primary amides is 1. The number of hydrogen-bond donors (Lipinski definition) is 3. The number of anilines is 1. The molecule has 2 aromatic rings. The van der Waals surface area contributed by atoms with Crippen molar-refractivity contribution in [3.8, 4) is 12.1 Å². The summed E-state index contributed by atoms with van der Waals surface area (Å²) in [7, 11) is 0. The molecular weight excluding hydrogens is 490 g/mol. The lowest BCUT2D eigenvalue weighted by molar-refractivity contribution is -0.126. The summed E-state index contributed by atoms with van der Waals surface area (Å²) in [5.74, 6) is -0.445. The fourth-order valence-electron chi connectivity index (χ4n) is 4.00. The quantitative estimate of drug-likeness (QED) is 0.416. The molecule has 3 rings (SSSR count). The third kappa shape index (κ3) is 6.57. The second-order valence-electron chi connectivity index (χ2n) is 9.23. The topological polar surface area (TPSA) is 171 Å². The van der Waals surface area contributed by atoms with Crippen LogP contribution in [0.5, 0.6) is 0 Å². The summed E-state index contributed by atoms with van der Waals surface area (Å²) < 4.78 is 5.83. The average Bonchev–Trinajstić information content (AvgIpc) is 2.89. The molecule has 0 radical (unpaired) electrons. The van der Waals surface area contributed by atoms with Gasteiger partial charge in [0.15, 0.2) is 0 Å². The summed E-state index contributed by atoms with van der Waals surface area (Å²) in [4.78, 5) is 31.2. The molecule has 1 fully saturated rings. The Hall–Kier alpha value is -3.64. The minimum Gasteiger partial charge on any atom is -0.373 e. The highest BCUT2D eigenvalue weighted by Crippen LogP contribution is 2.39. The number of rotatable bonds is 9. The fourth-order valence-corrected chi connectivity index (χ4v) is 5.06. The van der Waals surface area contributed by atoms with E-state index < -0.39 is 16.7 Å². The van der Waals surface area contributed by atoms with E-state index in [1.807, 2.05) is 30.0 Å². The van der Waals surface area contributed by atoms with Crippen LogP contribution in [0.4, 0.5) is 5.82 Å². The minimum atomic E-state index is -1.02. The third-order valence-electron chi connectivity index (χ3n) is 5.93. The third-order valence-corrected chi connectivity index (χ3v) is 7.19. The van der Waals surface area contributed by atoms with E-state index in [0.29, 0.717) is 53.7 Å². The van der Waals surface area contributed by atoms with E-state index in [-0.39, 0.29) is 24.1 Å². The molecule has 1 aromatic heterocycles. The van der Waals surface area contributed by atoms with Gasteiger partial charge in [-0.3, -0.25) is 9.59 Å². The molecule has 2 amide bonds. The van der Waals surface area contributed by atoms with Gasteiger partial charge in [0, 0.05) is 19.6 Å². The first-order valence-electron chi connectivity index (χ1n) is 11.9. The molecule has 37 heavy (non-hydrogen) atoms. The number of nitrogens with one attached hydrogen (secondary N) is 1. The van der Waals surface area contributed by atoms with Gasteiger partial charge in [-0.05, 0) is 31.4 Å². The van der Waals surface area contributed by atoms with Gasteiger partial charge in [-0.2, -0.15) is 10.5 Å². The Morgan fingerprint density at radius 1 is 1.27 bits per heavy atom. The van der Waals surface area contributed by atoms with Crippen molar-refractivity contribution >= 4 is 29.4 Å². The predicted octanol–water partition coefficient (Wildman–Crippen LogP) is 1.76. The number of nitrogens with zero attached hydrogens (tertiary/aromatic N) is 4. The largest absolute Gasteiger partial charge is 0.373 e. The Labute approximate surface area is 221 Å². The van der Waals surface area contributed by atoms with Gasteiger partial charge < -0.3 is 26.4 Å². The van der Waals surface area contributed by atoms with Crippen LogP contribution in [0.25, 0.3) is 0 Å². The highest BCUT2D eigenvalue weighted by atomic mass is 32.2. The number of nitrogens with two attached hydrogens (primary N) is 2. The standard InChI is InChI=1S/C26H31N7O3S/c1-4-18-19(12-27)23(33-10-11-36-17(15-33)14-31-25(35)26(2,3)30)32-24(20(18)13-28)37-21(22(29)34)16-8-6-5-7-9-16/h5-9,17,21H,4,10-11,14-15,30H2,1-3H3,(H2,29,34)(H,31,35). The van der Waals surface area contributed by atoms with Crippen molar-refractivity contribution in [2.24, 2.45) is 11.5 Å². The van der Waals surface area contributed by atoms with Crippen LogP contribution in [0.1, 0.15) is 48.3 Å². The summed E-state index contributed by atoms with van der Waals surface area (Å²) in [6.07, 6.45) is 0.0736. The highest BCUT2D eigenvalue weighted by Gasteiger charge is 2.30. The number of carbonyl (C=O) groups excluding carboxylic acids is 2. The van der Waals surface area contributed by atoms with Crippen LogP contribution in [-0.2, 0) is 20.7 Å². The molecule has 1 aromatic carbocycles. The summed E-state index contributed by atoms with van der Waals surface area (Å²) in [5, 5.41) is 22.4. The number of nitriles is 2. The highest BCUT2D eigenvalue weighted by molar-refractivity contribution is 8.00. The van der Waals surface area contributed by atoms with E-state index in [1.165, 1.54) is 0 Å². The van der Waals surface area contributed by atoms with Crippen molar-refractivity contribution < 1.29 is 14.3 Å². The number of amides is 2. The van der Waals surface area contributed by atoms with Crippen LogP contribution in [0.2, 0.25) is 0 Å². The molecule has 0 spiro atoms. The van der Waals surface area contributed by atoms with Crippen LogP contribution < -0.4 is 21.7 Å². The average molecular weight is 522 g/mol. The van der Waals surface area contributed by atoms with E-state index >= 15 is 0 Å². The molecule has 194 valence electrons. The molecule has 1 saturated heterocycles. The molecule has 5 N–H and O–H groups in total. The summed E-state index contributed by atoms with van der Waals surface area (Å²) in [5.41, 5.74) is 12.4. The molecule has 2 atom stereocenters.